The van der Waals surface area contributed by atoms with Crippen LogP contribution in [0.3, 0.4) is 0 Å². The Morgan fingerprint density at radius 3 is 2.62 bits per heavy atom. The lowest BCUT2D eigenvalue weighted by Crippen LogP contribution is -2.18. The number of ether oxygens (including phenoxy) is 1. The van der Waals surface area contributed by atoms with Crippen LogP contribution in [0.5, 0.6) is 5.75 Å². The average Bonchev–Trinajstić information content (AvgIpc) is 2.38. The molecule has 0 spiro atoms. The molecule has 0 radical (unpaired) electrons. The van der Waals surface area contributed by atoms with Crippen molar-refractivity contribution in [3.63, 3.8) is 0 Å². The third kappa shape index (κ3) is 3.75. The van der Waals surface area contributed by atoms with E-state index in [1.165, 1.54) is 23.0 Å². The summed E-state index contributed by atoms with van der Waals surface area (Å²) in [5.74, 6) is 0.00839. The van der Waals surface area contributed by atoms with Crippen molar-refractivity contribution in [1.29, 1.82) is 0 Å². The van der Waals surface area contributed by atoms with E-state index in [0.29, 0.717) is 11.3 Å². The molecule has 0 saturated carbocycles. The lowest BCUT2D eigenvalue weighted by molar-refractivity contribution is -0.0499. The normalized spacial score (nSPS) is 11.3. The summed E-state index contributed by atoms with van der Waals surface area (Å²) in [6.45, 7) is 0.644. The van der Waals surface area contributed by atoms with Gasteiger partial charge in [-0.15, -0.1) is 0 Å². The molecule has 4 nitrogen and oxygen atoms in total. The van der Waals surface area contributed by atoms with E-state index in [-0.39, 0.29) is 11.3 Å². The van der Waals surface area contributed by atoms with Crippen molar-refractivity contribution in [2.75, 3.05) is 0 Å². The topological polar surface area (TPSA) is 43.6 Å². The number of benzene rings is 1. The Hall–Kier alpha value is -2.50. The lowest BCUT2D eigenvalue weighted by Gasteiger charge is -2.08. The number of halogens is 2. The zero-order chi connectivity index (χ0) is 15.4. The molecule has 21 heavy (non-hydrogen) atoms. The fourth-order valence-corrected chi connectivity index (χ4v) is 1.92. The number of aryl methyl sites for hydroxylation is 2. The molecule has 0 fully saturated rings. The summed E-state index contributed by atoms with van der Waals surface area (Å²) in [6.07, 6.45) is 1.32. The van der Waals surface area contributed by atoms with Gasteiger partial charge in [-0.1, -0.05) is 12.1 Å². The van der Waals surface area contributed by atoms with Gasteiger partial charge in [0.2, 0.25) is 0 Å². The van der Waals surface area contributed by atoms with Crippen molar-refractivity contribution >= 4 is 6.21 Å². The quantitative estimate of drug-likeness (QED) is 0.813. The first-order valence-electron chi connectivity index (χ1n) is 6.26. The van der Waals surface area contributed by atoms with E-state index in [4.69, 9.17) is 0 Å². The zero-order valence-corrected chi connectivity index (χ0v) is 11.6. The first kappa shape index (κ1) is 14.9. The number of hydrogen-bond donors (Lipinski definition) is 0. The fourth-order valence-electron chi connectivity index (χ4n) is 1.92. The Kier molecular flexibility index (Phi) is 4.47. The zero-order valence-electron chi connectivity index (χ0n) is 11.6. The van der Waals surface area contributed by atoms with Crippen molar-refractivity contribution < 1.29 is 13.5 Å². The Balaban J connectivity index is 2.37. The highest BCUT2D eigenvalue weighted by molar-refractivity contribution is 5.83. The highest BCUT2D eigenvalue weighted by atomic mass is 19.3. The van der Waals surface area contributed by atoms with Gasteiger partial charge in [-0.3, -0.25) is 4.79 Å². The van der Waals surface area contributed by atoms with E-state index in [1.54, 1.807) is 31.2 Å². The van der Waals surface area contributed by atoms with Crippen molar-refractivity contribution in [2.45, 2.75) is 20.5 Å². The molecule has 0 unspecified atom stereocenters. The molecule has 0 aliphatic carbocycles. The fraction of sp³-hybridized carbons (Fsp3) is 0.200. The van der Waals surface area contributed by atoms with Gasteiger partial charge in [0.15, 0.2) is 0 Å². The van der Waals surface area contributed by atoms with E-state index in [9.17, 15) is 13.6 Å². The number of para-hydroxylation sites is 1. The van der Waals surface area contributed by atoms with Crippen LogP contribution in [0.25, 0.3) is 0 Å². The van der Waals surface area contributed by atoms with Gasteiger partial charge in [-0.2, -0.15) is 13.9 Å². The van der Waals surface area contributed by atoms with Crippen LogP contribution in [-0.4, -0.2) is 17.5 Å². The second kappa shape index (κ2) is 6.30. The summed E-state index contributed by atoms with van der Waals surface area (Å²) >= 11 is 0. The molecule has 6 heteroatoms. The average molecular weight is 292 g/mol. The van der Waals surface area contributed by atoms with E-state index < -0.39 is 6.61 Å². The van der Waals surface area contributed by atoms with Gasteiger partial charge in [0, 0.05) is 17.3 Å². The van der Waals surface area contributed by atoms with Gasteiger partial charge in [0.05, 0.1) is 6.21 Å². The van der Waals surface area contributed by atoms with Gasteiger partial charge >= 0.3 is 6.61 Å². The second-order valence-corrected chi connectivity index (χ2v) is 4.49. The minimum atomic E-state index is -2.91. The van der Waals surface area contributed by atoms with Crippen LogP contribution in [-0.2, 0) is 0 Å². The molecular formula is C15H14F2N2O2. The SMILES string of the molecule is Cc1cc(C)n(/N=C/c2ccccc2OC(F)F)c(=O)c1. The Morgan fingerprint density at radius 2 is 1.95 bits per heavy atom. The number of hydrogen-bond acceptors (Lipinski definition) is 3. The van der Waals surface area contributed by atoms with Gasteiger partial charge < -0.3 is 4.74 Å². The molecule has 110 valence electrons. The van der Waals surface area contributed by atoms with Crippen molar-refractivity contribution in [3.8, 4) is 5.75 Å². The van der Waals surface area contributed by atoms with Gasteiger partial charge in [-0.05, 0) is 37.6 Å². The van der Waals surface area contributed by atoms with Gasteiger partial charge in [0.25, 0.3) is 5.56 Å². The molecular weight excluding hydrogens is 278 g/mol. The predicted octanol–water partition coefficient (Wildman–Crippen LogP) is 2.95. The number of aromatic nitrogens is 1. The van der Waals surface area contributed by atoms with Crippen LogP contribution in [0, 0.1) is 13.8 Å². The molecule has 0 aliphatic heterocycles. The van der Waals surface area contributed by atoms with Crippen molar-refractivity contribution in [2.24, 2.45) is 5.10 Å². The minimum Gasteiger partial charge on any atom is -0.434 e. The van der Waals surface area contributed by atoms with Crippen LogP contribution in [0.15, 0.2) is 46.3 Å². The first-order valence-corrected chi connectivity index (χ1v) is 6.26. The summed E-state index contributed by atoms with van der Waals surface area (Å²) in [5.41, 5.74) is 1.58. The van der Waals surface area contributed by atoms with Crippen LogP contribution in [0.4, 0.5) is 8.78 Å². The van der Waals surface area contributed by atoms with Gasteiger partial charge in [-0.25, -0.2) is 4.68 Å². The van der Waals surface area contributed by atoms with E-state index in [2.05, 4.69) is 9.84 Å². The third-order valence-electron chi connectivity index (χ3n) is 2.78. The third-order valence-corrected chi connectivity index (χ3v) is 2.78. The highest BCUT2D eigenvalue weighted by Crippen LogP contribution is 2.18. The summed E-state index contributed by atoms with van der Waals surface area (Å²) in [6, 6.07) is 9.50. The molecule has 1 heterocycles. The maximum Gasteiger partial charge on any atom is 0.387 e. The van der Waals surface area contributed by atoms with Crippen molar-refractivity contribution in [3.05, 3.63) is 63.6 Å². The van der Waals surface area contributed by atoms with Crippen molar-refractivity contribution in [1.82, 2.24) is 4.68 Å². The van der Waals surface area contributed by atoms with E-state index in [0.717, 1.165) is 5.56 Å². The molecule has 0 N–H and O–H groups in total. The maximum atomic E-state index is 12.3. The Bertz CT molecular complexity index is 724. The molecule has 2 aromatic rings. The Labute approximate surface area is 120 Å². The molecule has 1 aromatic carbocycles. The Morgan fingerprint density at radius 1 is 1.24 bits per heavy atom. The van der Waals surface area contributed by atoms with Gasteiger partial charge in [0.1, 0.15) is 5.75 Å². The molecule has 2 rings (SSSR count). The summed E-state index contributed by atoms with van der Waals surface area (Å²) < 4.78 is 30.2. The predicted molar refractivity (Wildman–Crippen MR) is 76.2 cm³/mol. The smallest absolute Gasteiger partial charge is 0.387 e. The number of rotatable bonds is 4. The van der Waals surface area contributed by atoms with E-state index in [1.807, 2.05) is 6.92 Å². The molecule has 0 amide bonds. The van der Waals surface area contributed by atoms with Crippen LogP contribution < -0.4 is 10.3 Å². The second-order valence-electron chi connectivity index (χ2n) is 4.49. The van der Waals surface area contributed by atoms with Crippen LogP contribution in [0.1, 0.15) is 16.8 Å². The highest BCUT2D eigenvalue weighted by Gasteiger charge is 2.07. The van der Waals surface area contributed by atoms with E-state index >= 15 is 0 Å². The lowest BCUT2D eigenvalue weighted by atomic mass is 10.2. The number of alkyl halides is 2. The molecule has 0 aliphatic rings. The maximum absolute atomic E-state index is 12.3. The summed E-state index contributed by atoms with van der Waals surface area (Å²) in [5, 5.41) is 4.04. The standard InChI is InChI=1S/C15H14F2N2O2/c1-10-7-11(2)19(14(20)8-10)18-9-12-5-3-4-6-13(12)21-15(16)17/h3-9,15H,1-2H3/b18-9+. The van der Waals surface area contributed by atoms with Crippen LogP contribution >= 0.6 is 0 Å². The molecule has 1 aromatic heterocycles. The summed E-state index contributed by atoms with van der Waals surface area (Å²) in [4.78, 5) is 11.8. The number of pyridine rings is 1. The summed E-state index contributed by atoms with van der Waals surface area (Å²) in [7, 11) is 0. The monoisotopic (exact) mass is 292 g/mol. The molecule has 0 atom stereocenters. The van der Waals surface area contributed by atoms with Crippen LogP contribution in [0.2, 0.25) is 0 Å². The number of nitrogens with zero attached hydrogens (tertiary/aromatic N) is 2. The minimum absolute atomic E-state index is 0.00839. The molecule has 0 bridgehead atoms. The largest absolute Gasteiger partial charge is 0.434 e. The molecule has 0 saturated heterocycles. The first-order chi connectivity index (χ1) is 9.97.